The van der Waals surface area contributed by atoms with Crippen molar-refractivity contribution < 1.29 is 4.79 Å². The molecule has 0 aliphatic rings. The SMILES string of the molecule is C=C(C=O)CC/C=C(\C)CC. The Hall–Kier alpha value is -0.850. The lowest BCUT2D eigenvalue weighted by Gasteiger charge is -1.95. The molecule has 0 rings (SSSR count). The fraction of sp³-hybridized carbons (Fsp3) is 0.500. The van der Waals surface area contributed by atoms with Crippen molar-refractivity contribution in [2.45, 2.75) is 33.1 Å². The van der Waals surface area contributed by atoms with Gasteiger partial charge >= 0.3 is 0 Å². The van der Waals surface area contributed by atoms with Crippen molar-refractivity contribution in [3.05, 3.63) is 23.8 Å². The fourth-order valence-electron chi connectivity index (χ4n) is 0.707. The molecule has 0 unspecified atom stereocenters. The molecule has 0 saturated carbocycles. The molecule has 0 radical (unpaired) electrons. The van der Waals surface area contributed by atoms with Gasteiger partial charge < -0.3 is 0 Å². The van der Waals surface area contributed by atoms with Gasteiger partial charge in [-0.1, -0.05) is 25.2 Å². The monoisotopic (exact) mass is 152 g/mol. The van der Waals surface area contributed by atoms with Crippen LogP contribution in [-0.4, -0.2) is 6.29 Å². The Morgan fingerprint density at radius 3 is 2.64 bits per heavy atom. The van der Waals surface area contributed by atoms with Crippen LogP contribution in [0.4, 0.5) is 0 Å². The van der Waals surface area contributed by atoms with Crippen molar-refractivity contribution >= 4 is 6.29 Å². The van der Waals surface area contributed by atoms with E-state index in [1.165, 1.54) is 5.57 Å². The summed E-state index contributed by atoms with van der Waals surface area (Å²) in [5.41, 5.74) is 2.06. The van der Waals surface area contributed by atoms with Crippen LogP contribution < -0.4 is 0 Å². The highest BCUT2D eigenvalue weighted by atomic mass is 16.1. The van der Waals surface area contributed by atoms with Crippen molar-refractivity contribution in [2.24, 2.45) is 0 Å². The van der Waals surface area contributed by atoms with Gasteiger partial charge in [0.25, 0.3) is 0 Å². The highest BCUT2D eigenvalue weighted by Gasteiger charge is 1.89. The van der Waals surface area contributed by atoms with Gasteiger partial charge in [-0.3, -0.25) is 4.79 Å². The maximum absolute atomic E-state index is 10.1. The molecule has 62 valence electrons. The quantitative estimate of drug-likeness (QED) is 0.336. The summed E-state index contributed by atoms with van der Waals surface area (Å²) < 4.78 is 0. The Kier molecular flexibility index (Phi) is 5.44. The number of hydrogen-bond donors (Lipinski definition) is 0. The van der Waals surface area contributed by atoms with Crippen LogP contribution in [0.5, 0.6) is 0 Å². The predicted octanol–water partition coefficient (Wildman–Crippen LogP) is 2.88. The lowest BCUT2D eigenvalue weighted by molar-refractivity contribution is -0.105. The molecule has 0 atom stereocenters. The molecule has 0 aromatic rings. The molecule has 0 amide bonds. The largest absolute Gasteiger partial charge is 0.298 e. The van der Waals surface area contributed by atoms with Crippen LogP contribution in [0.1, 0.15) is 33.1 Å². The van der Waals surface area contributed by atoms with Crippen LogP contribution in [0.15, 0.2) is 23.8 Å². The molecule has 0 aromatic carbocycles. The molecule has 0 heterocycles. The van der Waals surface area contributed by atoms with Crippen LogP contribution in [0, 0.1) is 0 Å². The summed E-state index contributed by atoms with van der Waals surface area (Å²) >= 11 is 0. The maximum Gasteiger partial charge on any atom is 0.145 e. The summed E-state index contributed by atoms with van der Waals surface area (Å²) in [6.07, 6.45) is 5.81. The minimum absolute atomic E-state index is 0.685. The van der Waals surface area contributed by atoms with Crippen molar-refractivity contribution in [3.8, 4) is 0 Å². The van der Waals surface area contributed by atoms with Gasteiger partial charge in [0, 0.05) is 0 Å². The molecular formula is C10H16O. The van der Waals surface area contributed by atoms with Gasteiger partial charge in [-0.2, -0.15) is 0 Å². The van der Waals surface area contributed by atoms with Gasteiger partial charge in [0.05, 0.1) is 0 Å². The van der Waals surface area contributed by atoms with E-state index in [0.29, 0.717) is 5.57 Å². The summed E-state index contributed by atoms with van der Waals surface area (Å²) in [6, 6.07) is 0. The lowest BCUT2D eigenvalue weighted by Crippen LogP contribution is -1.81. The van der Waals surface area contributed by atoms with Crippen molar-refractivity contribution in [1.82, 2.24) is 0 Å². The van der Waals surface area contributed by atoms with E-state index in [4.69, 9.17) is 0 Å². The van der Waals surface area contributed by atoms with E-state index in [-0.39, 0.29) is 0 Å². The van der Waals surface area contributed by atoms with Crippen LogP contribution in [-0.2, 0) is 4.79 Å². The normalized spacial score (nSPS) is 11.3. The molecule has 0 saturated heterocycles. The fourth-order valence-corrected chi connectivity index (χ4v) is 0.707. The van der Waals surface area contributed by atoms with E-state index in [9.17, 15) is 4.79 Å². The first-order chi connectivity index (χ1) is 5.20. The van der Waals surface area contributed by atoms with E-state index >= 15 is 0 Å². The summed E-state index contributed by atoms with van der Waals surface area (Å²) in [5.74, 6) is 0. The predicted molar refractivity (Wildman–Crippen MR) is 48.5 cm³/mol. The first kappa shape index (κ1) is 10.2. The zero-order chi connectivity index (χ0) is 8.69. The van der Waals surface area contributed by atoms with Gasteiger partial charge in [-0.05, 0) is 31.8 Å². The third-order valence-corrected chi connectivity index (χ3v) is 1.68. The molecule has 0 fully saturated rings. The highest BCUT2D eigenvalue weighted by Crippen LogP contribution is 2.05. The second-order valence-electron chi connectivity index (χ2n) is 2.72. The molecule has 0 aromatic heterocycles. The lowest BCUT2D eigenvalue weighted by atomic mass is 10.1. The minimum Gasteiger partial charge on any atom is -0.298 e. The molecule has 1 heteroatoms. The smallest absolute Gasteiger partial charge is 0.145 e. The summed E-state index contributed by atoms with van der Waals surface area (Å²) in [6.45, 7) is 7.82. The number of carbonyl (C=O) groups is 1. The van der Waals surface area contributed by atoms with Gasteiger partial charge in [0.2, 0.25) is 0 Å². The van der Waals surface area contributed by atoms with E-state index in [2.05, 4.69) is 26.5 Å². The standard InChI is InChI=1S/C10H16O/c1-4-9(2)6-5-7-10(3)8-11/h6,8H,3-5,7H2,1-2H3/b9-6+. The number of hydrogen-bond acceptors (Lipinski definition) is 1. The highest BCUT2D eigenvalue weighted by molar-refractivity contribution is 5.71. The van der Waals surface area contributed by atoms with E-state index in [1.807, 2.05) is 0 Å². The maximum atomic E-state index is 10.1. The molecule has 0 aliphatic heterocycles. The van der Waals surface area contributed by atoms with Crippen LogP contribution in [0.2, 0.25) is 0 Å². The molecular weight excluding hydrogens is 136 g/mol. The first-order valence-corrected chi connectivity index (χ1v) is 3.99. The molecule has 0 N–H and O–H groups in total. The van der Waals surface area contributed by atoms with Gasteiger partial charge in [0.15, 0.2) is 0 Å². The van der Waals surface area contributed by atoms with Crippen molar-refractivity contribution in [3.63, 3.8) is 0 Å². The second kappa shape index (κ2) is 5.90. The Balaban J connectivity index is 3.55. The summed E-state index contributed by atoms with van der Waals surface area (Å²) in [4.78, 5) is 10.1. The Bertz CT molecular complexity index is 166. The Labute approximate surface area is 68.8 Å². The van der Waals surface area contributed by atoms with Crippen LogP contribution >= 0.6 is 0 Å². The van der Waals surface area contributed by atoms with E-state index in [0.717, 1.165) is 25.5 Å². The summed E-state index contributed by atoms with van der Waals surface area (Å²) in [7, 11) is 0. The first-order valence-electron chi connectivity index (χ1n) is 3.99. The average molecular weight is 152 g/mol. The zero-order valence-corrected chi connectivity index (χ0v) is 7.39. The van der Waals surface area contributed by atoms with Crippen LogP contribution in [0.25, 0.3) is 0 Å². The third kappa shape index (κ3) is 5.59. The molecule has 0 aliphatic carbocycles. The minimum atomic E-state index is 0.685. The Morgan fingerprint density at radius 2 is 2.18 bits per heavy atom. The third-order valence-electron chi connectivity index (χ3n) is 1.68. The number of allylic oxidation sites excluding steroid dienone is 3. The molecule has 0 spiro atoms. The second-order valence-corrected chi connectivity index (χ2v) is 2.72. The summed E-state index contributed by atoms with van der Waals surface area (Å²) in [5, 5.41) is 0. The van der Waals surface area contributed by atoms with E-state index < -0.39 is 0 Å². The zero-order valence-electron chi connectivity index (χ0n) is 7.39. The van der Waals surface area contributed by atoms with Gasteiger partial charge in [-0.25, -0.2) is 0 Å². The van der Waals surface area contributed by atoms with Crippen molar-refractivity contribution in [1.29, 1.82) is 0 Å². The topological polar surface area (TPSA) is 17.1 Å². The molecule has 0 bridgehead atoms. The number of aldehydes is 1. The van der Waals surface area contributed by atoms with Crippen LogP contribution in [0.3, 0.4) is 0 Å². The average Bonchev–Trinajstić information content (AvgIpc) is 2.04. The number of carbonyl (C=O) groups excluding carboxylic acids is 1. The Morgan fingerprint density at radius 1 is 1.55 bits per heavy atom. The molecule has 11 heavy (non-hydrogen) atoms. The van der Waals surface area contributed by atoms with Gasteiger partial charge in [-0.15, -0.1) is 0 Å². The van der Waals surface area contributed by atoms with E-state index in [1.54, 1.807) is 0 Å². The van der Waals surface area contributed by atoms with Gasteiger partial charge in [0.1, 0.15) is 6.29 Å². The number of rotatable bonds is 5. The molecule has 1 nitrogen and oxygen atoms in total. The van der Waals surface area contributed by atoms with Crippen molar-refractivity contribution in [2.75, 3.05) is 0 Å².